The van der Waals surface area contributed by atoms with Crippen LogP contribution in [0.25, 0.3) is 11.3 Å². The lowest BCUT2D eigenvalue weighted by Crippen LogP contribution is -2.25. The van der Waals surface area contributed by atoms with E-state index < -0.39 is 0 Å². The molecule has 0 amide bonds. The lowest BCUT2D eigenvalue weighted by Gasteiger charge is -2.08. The Labute approximate surface area is 117 Å². The Morgan fingerprint density at radius 3 is 2.60 bits per heavy atom. The number of hydrogen-bond donors (Lipinski definition) is 0. The second kappa shape index (κ2) is 6.02. The molecule has 1 heterocycles. The summed E-state index contributed by atoms with van der Waals surface area (Å²) in [4.78, 5) is 12.0. The molecule has 0 N–H and O–H groups in total. The molecule has 0 radical (unpaired) electrons. The highest BCUT2D eigenvalue weighted by Gasteiger charge is 2.09. The highest BCUT2D eigenvalue weighted by molar-refractivity contribution is 5.60. The van der Waals surface area contributed by atoms with Crippen LogP contribution in [0, 0.1) is 11.3 Å². The third kappa shape index (κ3) is 2.69. The molecular formula is C15H15N3O2. The van der Waals surface area contributed by atoms with Crippen molar-refractivity contribution in [3.8, 4) is 23.1 Å². The molecule has 2 rings (SSSR count). The summed E-state index contributed by atoms with van der Waals surface area (Å²) in [7, 11) is 1.61. The van der Waals surface area contributed by atoms with Gasteiger partial charge in [0.05, 0.1) is 25.3 Å². The van der Waals surface area contributed by atoms with Crippen LogP contribution in [0.5, 0.6) is 5.75 Å². The Morgan fingerprint density at radius 1 is 1.35 bits per heavy atom. The molecule has 102 valence electrons. The smallest absolute Gasteiger partial charge is 0.271 e. The van der Waals surface area contributed by atoms with Gasteiger partial charge in [0.25, 0.3) is 5.56 Å². The summed E-state index contributed by atoms with van der Waals surface area (Å²) < 4.78 is 6.49. The molecule has 0 saturated heterocycles. The molecule has 1 aromatic heterocycles. The van der Waals surface area contributed by atoms with Crippen molar-refractivity contribution in [2.24, 2.45) is 0 Å². The van der Waals surface area contributed by atoms with Gasteiger partial charge in [-0.2, -0.15) is 10.4 Å². The van der Waals surface area contributed by atoms with Crippen LogP contribution in [0.15, 0.2) is 35.1 Å². The first-order valence-electron chi connectivity index (χ1n) is 6.32. The van der Waals surface area contributed by atoms with Crippen molar-refractivity contribution in [1.29, 1.82) is 5.26 Å². The lowest BCUT2D eigenvalue weighted by atomic mass is 10.1. The first-order valence-corrected chi connectivity index (χ1v) is 6.32. The maximum absolute atomic E-state index is 12.0. The number of methoxy groups -OCH3 is 1. The first kappa shape index (κ1) is 13.8. The molecule has 0 bridgehead atoms. The SMILES string of the molecule is CCn1nc(-c2ccc(OC)cc2)cc(CC#N)c1=O. The normalized spacial score (nSPS) is 10.1. The Balaban J connectivity index is 2.53. The van der Waals surface area contributed by atoms with E-state index in [9.17, 15) is 4.79 Å². The number of aromatic nitrogens is 2. The average Bonchev–Trinajstić information content (AvgIpc) is 2.49. The van der Waals surface area contributed by atoms with Crippen LogP contribution in [-0.4, -0.2) is 16.9 Å². The van der Waals surface area contributed by atoms with Gasteiger partial charge in [-0.3, -0.25) is 4.79 Å². The Morgan fingerprint density at radius 2 is 2.05 bits per heavy atom. The molecule has 20 heavy (non-hydrogen) atoms. The fraction of sp³-hybridized carbons (Fsp3) is 0.267. The molecule has 5 heteroatoms. The summed E-state index contributed by atoms with van der Waals surface area (Å²) in [5, 5.41) is 13.1. The van der Waals surface area contributed by atoms with Crippen LogP contribution < -0.4 is 10.3 Å². The Hall–Kier alpha value is -2.61. The van der Waals surface area contributed by atoms with Crippen molar-refractivity contribution in [1.82, 2.24) is 9.78 Å². The van der Waals surface area contributed by atoms with Gasteiger partial charge in [-0.15, -0.1) is 0 Å². The molecule has 0 fully saturated rings. The van der Waals surface area contributed by atoms with E-state index in [2.05, 4.69) is 5.10 Å². The number of aryl methyl sites for hydroxylation is 1. The molecule has 0 aliphatic carbocycles. The van der Waals surface area contributed by atoms with Gasteiger partial charge in [0.15, 0.2) is 0 Å². The van der Waals surface area contributed by atoms with Crippen molar-refractivity contribution >= 4 is 0 Å². The highest BCUT2D eigenvalue weighted by Crippen LogP contribution is 2.20. The second-order valence-corrected chi connectivity index (χ2v) is 4.24. The van der Waals surface area contributed by atoms with Gasteiger partial charge < -0.3 is 4.74 Å². The van der Waals surface area contributed by atoms with Crippen molar-refractivity contribution in [2.45, 2.75) is 19.9 Å². The number of nitrogens with zero attached hydrogens (tertiary/aromatic N) is 3. The molecule has 1 aromatic carbocycles. The zero-order valence-electron chi connectivity index (χ0n) is 11.5. The summed E-state index contributed by atoms with van der Waals surface area (Å²) in [6.07, 6.45) is 0.0878. The lowest BCUT2D eigenvalue weighted by molar-refractivity contribution is 0.415. The van der Waals surface area contributed by atoms with Gasteiger partial charge in [-0.05, 0) is 37.3 Å². The summed E-state index contributed by atoms with van der Waals surface area (Å²) >= 11 is 0. The maximum atomic E-state index is 12.0. The monoisotopic (exact) mass is 269 g/mol. The molecule has 5 nitrogen and oxygen atoms in total. The first-order chi connectivity index (χ1) is 9.69. The third-order valence-corrected chi connectivity index (χ3v) is 3.00. The number of hydrogen-bond acceptors (Lipinski definition) is 4. The van der Waals surface area contributed by atoms with Gasteiger partial charge in [0.2, 0.25) is 0 Å². The zero-order chi connectivity index (χ0) is 14.5. The Bertz CT molecular complexity index is 697. The molecule has 0 aliphatic heterocycles. The van der Waals surface area contributed by atoms with E-state index >= 15 is 0 Å². The summed E-state index contributed by atoms with van der Waals surface area (Å²) in [6.45, 7) is 2.32. The van der Waals surface area contributed by atoms with E-state index in [4.69, 9.17) is 10.00 Å². The minimum Gasteiger partial charge on any atom is -0.497 e. The number of nitriles is 1. The van der Waals surface area contributed by atoms with Crippen LogP contribution in [0.1, 0.15) is 12.5 Å². The predicted molar refractivity (Wildman–Crippen MR) is 75.5 cm³/mol. The number of ether oxygens (including phenoxy) is 1. The van der Waals surface area contributed by atoms with Crippen molar-refractivity contribution in [3.05, 3.63) is 46.2 Å². The van der Waals surface area contributed by atoms with Gasteiger partial charge in [0.1, 0.15) is 5.75 Å². The number of benzene rings is 1. The van der Waals surface area contributed by atoms with E-state index in [1.54, 1.807) is 13.2 Å². The van der Waals surface area contributed by atoms with Gasteiger partial charge in [0, 0.05) is 17.7 Å². The van der Waals surface area contributed by atoms with Gasteiger partial charge >= 0.3 is 0 Å². The summed E-state index contributed by atoms with van der Waals surface area (Å²) in [5.41, 5.74) is 1.83. The van der Waals surface area contributed by atoms with Crippen molar-refractivity contribution < 1.29 is 4.74 Å². The summed E-state index contributed by atoms with van der Waals surface area (Å²) in [5.74, 6) is 0.759. The molecule has 0 unspecified atom stereocenters. The van der Waals surface area contributed by atoms with Crippen LogP contribution in [0.3, 0.4) is 0 Å². The van der Waals surface area contributed by atoms with E-state index in [0.29, 0.717) is 17.8 Å². The molecule has 0 saturated carbocycles. The van der Waals surface area contributed by atoms with Crippen LogP contribution in [0.4, 0.5) is 0 Å². The van der Waals surface area contributed by atoms with E-state index in [1.165, 1.54) is 4.68 Å². The minimum absolute atomic E-state index is 0.0878. The Kier molecular flexibility index (Phi) is 4.16. The zero-order valence-corrected chi connectivity index (χ0v) is 11.5. The predicted octanol–water partition coefficient (Wildman–Crippen LogP) is 2.00. The topological polar surface area (TPSA) is 67.9 Å². The van der Waals surface area contributed by atoms with Gasteiger partial charge in [-0.1, -0.05) is 0 Å². The third-order valence-electron chi connectivity index (χ3n) is 3.00. The van der Waals surface area contributed by atoms with Crippen LogP contribution in [-0.2, 0) is 13.0 Å². The quantitative estimate of drug-likeness (QED) is 0.851. The molecule has 0 atom stereocenters. The van der Waals surface area contributed by atoms with E-state index in [-0.39, 0.29) is 12.0 Å². The van der Waals surface area contributed by atoms with Gasteiger partial charge in [-0.25, -0.2) is 4.68 Å². The fourth-order valence-electron chi connectivity index (χ4n) is 1.93. The second-order valence-electron chi connectivity index (χ2n) is 4.24. The fourth-order valence-corrected chi connectivity index (χ4v) is 1.93. The largest absolute Gasteiger partial charge is 0.497 e. The standard InChI is InChI=1S/C15H15N3O2/c1-3-18-15(19)12(8-9-16)10-14(17-18)11-4-6-13(20-2)7-5-11/h4-7,10H,3,8H2,1-2H3. The molecule has 0 spiro atoms. The van der Waals surface area contributed by atoms with Crippen LogP contribution >= 0.6 is 0 Å². The summed E-state index contributed by atoms with van der Waals surface area (Å²) in [6, 6.07) is 11.1. The minimum atomic E-state index is -0.202. The number of rotatable bonds is 4. The maximum Gasteiger partial charge on any atom is 0.271 e. The molecule has 0 aliphatic rings. The van der Waals surface area contributed by atoms with Crippen molar-refractivity contribution in [3.63, 3.8) is 0 Å². The van der Waals surface area contributed by atoms with Crippen molar-refractivity contribution in [2.75, 3.05) is 7.11 Å². The van der Waals surface area contributed by atoms with E-state index in [1.807, 2.05) is 37.3 Å². The van der Waals surface area contributed by atoms with E-state index in [0.717, 1.165) is 11.3 Å². The highest BCUT2D eigenvalue weighted by atomic mass is 16.5. The van der Waals surface area contributed by atoms with Crippen LogP contribution in [0.2, 0.25) is 0 Å². The average molecular weight is 269 g/mol. The molecular weight excluding hydrogens is 254 g/mol. The molecule has 2 aromatic rings.